The van der Waals surface area contributed by atoms with Gasteiger partial charge in [-0.05, 0) is 42.0 Å². The van der Waals surface area contributed by atoms with Crippen molar-refractivity contribution in [1.82, 2.24) is 19.9 Å². The number of aromatic nitrogens is 4. The topological polar surface area (TPSA) is 135 Å². The Morgan fingerprint density at radius 1 is 1.00 bits per heavy atom. The maximum atomic E-state index is 14.3. The molecule has 0 bridgehead atoms. The fourth-order valence-corrected chi connectivity index (χ4v) is 3.96. The average molecular weight is 458 g/mol. The maximum absolute atomic E-state index is 14.3. The van der Waals surface area contributed by atoms with E-state index >= 15 is 0 Å². The molecule has 0 radical (unpaired) electrons. The number of halogens is 1. The van der Waals surface area contributed by atoms with Crippen molar-refractivity contribution in [3.05, 3.63) is 77.1 Å². The second kappa shape index (κ2) is 7.77. The average Bonchev–Trinajstić information content (AvgIpc) is 3.53. The Labute approximate surface area is 192 Å². The van der Waals surface area contributed by atoms with Crippen LogP contribution in [0, 0.1) is 11.2 Å². The number of nitrogen functional groups attached to an aromatic ring is 1. The van der Waals surface area contributed by atoms with Gasteiger partial charge >= 0.3 is 0 Å². The van der Waals surface area contributed by atoms with Crippen molar-refractivity contribution in [2.45, 2.75) is 13.0 Å². The van der Waals surface area contributed by atoms with Crippen molar-refractivity contribution in [3.8, 4) is 17.2 Å². The molecule has 0 fully saturated rings. The highest BCUT2D eigenvalue weighted by atomic mass is 19.1. The SMILES string of the molecule is N=C(N)c1ccc2nc(Cc3nc4c(OCc5ccc6c(c5)OCO6)cc(F)cc4[nH]3)[nH]c2c1. The number of H-pyrrole nitrogens is 2. The van der Waals surface area contributed by atoms with Crippen molar-refractivity contribution in [2.24, 2.45) is 5.73 Å². The first-order valence-corrected chi connectivity index (χ1v) is 10.5. The number of hydrogen-bond donors (Lipinski definition) is 4. The molecule has 170 valence electrons. The molecule has 0 saturated carbocycles. The third kappa shape index (κ3) is 3.64. The number of ether oxygens (including phenoxy) is 3. The minimum Gasteiger partial charge on any atom is -0.486 e. The number of benzene rings is 3. The normalized spacial score (nSPS) is 12.5. The number of amidine groups is 1. The molecule has 3 aromatic carbocycles. The van der Waals surface area contributed by atoms with Gasteiger partial charge in [-0.2, -0.15) is 0 Å². The number of nitrogens with zero attached hydrogens (tertiary/aromatic N) is 2. The van der Waals surface area contributed by atoms with Gasteiger partial charge < -0.3 is 29.9 Å². The first-order valence-electron chi connectivity index (χ1n) is 10.5. The predicted molar refractivity (Wildman–Crippen MR) is 123 cm³/mol. The molecule has 0 spiro atoms. The second-order valence-corrected chi connectivity index (χ2v) is 7.97. The highest BCUT2D eigenvalue weighted by molar-refractivity contribution is 5.97. The lowest BCUT2D eigenvalue weighted by molar-refractivity contribution is 0.174. The van der Waals surface area contributed by atoms with E-state index in [1.165, 1.54) is 12.1 Å². The number of nitrogens with one attached hydrogen (secondary N) is 3. The van der Waals surface area contributed by atoms with Gasteiger partial charge in [0.2, 0.25) is 6.79 Å². The zero-order valence-corrected chi connectivity index (χ0v) is 17.8. The first-order chi connectivity index (χ1) is 16.5. The van der Waals surface area contributed by atoms with Gasteiger partial charge in [0, 0.05) is 11.6 Å². The molecule has 1 aliphatic rings. The molecule has 10 heteroatoms. The van der Waals surface area contributed by atoms with E-state index in [9.17, 15) is 4.39 Å². The van der Waals surface area contributed by atoms with Crippen molar-refractivity contribution in [3.63, 3.8) is 0 Å². The van der Waals surface area contributed by atoms with Crippen LogP contribution in [0.4, 0.5) is 4.39 Å². The molecule has 5 aromatic rings. The first kappa shape index (κ1) is 20.0. The van der Waals surface area contributed by atoms with E-state index < -0.39 is 5.82 Å². The zero-order chi connectivity index (χ0) is 23.2. The summed E-state index contributed by atoms with van der Waals surface area (Å²) >= 11 is 0. The maximum Gasteiger partial charge on any atom is 0.231 e. The Balaban J connectivity index is 1.26. The Bertz CT molecular complexity index is 1570. The molecule has 9 nitrogen and oxygen atoms in total. The van der Waals surface area contributed by atoms with E-state index in [4.69, 9.17) is 25.4 Å². The summed E-state index contributed by atoms with van der Waals surface area (Å²) in [6.07, 6.45) is 0.377. The van der Waals surface area contributed by atoms with Gasteiger partial charge in [-0.15, -0.1) is 0 Å². The summed E-state index contributed by atoms with van der Waals surface area (Å²) in [5.41, 5.74) is 9.65. The number of hydrogen-bond acceptors (Lipinski definition) is 6. The van der Waals surface area contributed by atoms with E-state index in [1.807, 2.05) is 24.3 Å². The van der Waals surface area contributed by atoms with Crippen molar-refractivity contribution < 1.29 is 18.6 Å². The summed E-state index contributed by atoms with van der Waals surface area (Å²) in [5, 5.41) is 7.59. The zero-order valence-electron chi connectivity index (χ0n) is 17.8. The van der Waals surface area contributed by atoms with Crippen molar-refractivity contribution >= 4 is 27.9 Å². The van der Waals surface area contributed by atoms with Crippen LogP contribution in [0.3, 0.4) is 0 Å². The molecular weight excluding hydrogens is 439 g/mol. The molecule has 5 N–H and O–H groups in total. The van der Waals surface area contributed by atoms with Crippen molar-refractivity contribution in [1.29, 1.82) is 5.41 Å². The lowest BCUT2D eigenvalue weighted by atomic mass is 10.2. The van der Waals surface area contributed by atoms with E-state index in [0.717, 1.165) is 16.6 Å². The molecule has 0 aliphatic carbocycles. The van der Waals surface area contributed by atoms with Crippen LogP contribution < -0.4 is 19.9 Å². The third-order valence-corrected chi connectivity index (χ3v) is 5.57. The van der Waals surface area contributed by atoms with E-state index in [1.54, 1.807) is 12.1 Å². The Morgan fingerprint density at radius 3 is 2.71 bits per heavy atom. The fourth-order valence-electron chi connectivity index (χ4n) is 3.96. The van der Waals surface area contributed by atoms with Crippen LogP contribution in [0.5, 0.6) is 17.2 Å². The van der Waals surface area contributed by atoms with Crippen LogP contribution in [0.15, 0.2) is 48.5 Å². The molecular formula is C24H19FN6O3. The summed E-state index contributed by atoms with van der Waals surface area (Å²) in [4.78, 5) is 15.6. The van der Waals surface area contributed by atoms with Crippen LogP contribution in [0.2, 0.25) is 0 Å². The van der Waals surface area contributed by atoms with E-state index in [2.05, 4.69) is 19.9 Å². The molecule has 6 rings (SSSR count). The van der Waals surface area contributed by atoms with Crippen LogP contribution >= 0.6 is 0 Å². The number of nitrogens with two attached hydrogens (primary N) is 1. The second-order valence-electron chi connectivity index (χ2n) is 7.97. The molecule has 1 aliphatic heterocycles. The summed E-state index contributed by atoms with van der Waals surface area (Å²) in [6.45, 7) is 0.419. The van der Waals surface area contributed by atoms with Crippen LogP contribution in [-0.4, -0.2) is 32.6 Å². The van der Waals surface area contributed by atoms with Gasteiger partial charge in [0.05, 0.1) is 23.0 Å². The van der Waals surface area contributed by atoms with E-state index in [0.29, 0.717) is 51.9 Å². The van der Waals surface area contributed by atoms with Crippen LogP contribution in [0.1, 0.15) is 22.8 Å². The van der Waals surface area contributed by atoms with Gasteiger partial charge in [0.15, 0.2) is 17.2 Å². The summed E-state index contributed by atoms with van der Waals surface area (Å²) < 4.78 is 30.9. The third-order valence-electron chi connectivity index (χ3n) is 5.57. The summed E-state index contributed by atoms with van der Waals surface area (Å²) in [5.74, 6) is 2.54. The lowest BCUT2D eigenvalue weighted by Gasteiger charge is -2.08. The highest BCUT2D eigenvalue weighted by Crippen LogP contribution is 2.33. The van der Waals surface area contributed by atoms with Gasteiger partial charge in [-0.25, -0.2) is 14.4 Å². The molecule has 0 atom stereocenters. The number of imidazole rings is 2. The minimum atomic E-state index is -0.427. The van der Waals surface area contributed by atoms with E-state index in [-0.39, 0.29) is 19.2 Å². The largest absolute Gasteiger partial charge is 0.486 e. The molecule has 0 saturated heterocycles. The monoisotopic (exact) mass is 458 g/mol. The van der Waals surface area contributed by atoms with Gasteiger partial charge in [-0.1, -0.05) is 6.07 Å². The summed E-state index contributed by atoms with van der Waals surface area (Å²) in [6, 6.07) is 13.6. The molecule has 34 heavy (non-hydrogen) atoms. The minimum absolute atomic E-state index is 0.00867. The fraction of sp³-hybridized carbons (Fsp3) is 0.125. The molecule has 3 heterocycles. The van der Waals surface area contributed by atoms with Gasteiger partial charge in [0.25, 0.3) is 0 Å². The van der Waals surface area contributed by atoms with Gasteiger partial charge in [-0.3, -0.25) is 5.41 Å². The lowest BCUT2D eigenvalue weighted by Crippen LogP contribution is -2.10. The van der Waals surface area contributed by atoms with Crippen LogP contribution in [-0.2, 0) is 13.0 Å². The molecule has 0 amide bonds. The summed E-state index contributed by atoms with van der Waals surface area (Å²) in [7, 11) is 0. The quantitative estimate of drug-likeness (QED) is 0.226. The molecule has 2 aromatic heterocycles. The number of aromatic amines is 2. The Morgan fingerprint density at radius 2 is 1.82 bits per heavy atom. The van der Waals surface area contributed by atoms with Gasteiger partial charge in [0.1, 0.15) is 35.4 Å². The number of rotatable bonds is 6. The molecule has 0 unspecified atom stereocenters. The van der Waals surface area contributed by atoms with Crippen molar-refractivity contribution in [2.75, 3.05) is 6.79 Å². The highest BCUT2D eigenvalue weighted by Gasteiger charge is 2.16. The number of fused-ring (bicyclic) bond motifs is 3. The smallest absolute Gasteiger partial charge is 0.231 e. The van der Waals surface area contributed by atoms with Crippen LogP contribution in [0.25, 0.3) is 22.1 Å². The Hall–Kier alpha value is -4.60. The predicted octanol–water partition coefficient (Wildman–Crippen LogP) is 3.76. The Kier molecular flexibility index (Phi) is 4.58. The standard InChI is InChI=1S/C24H19FN6O3/c25-14-7-17-23(20(8-14)32-10-12-1-4-18-19(5-12)34-11-33-18)31-22(30-17)9-21-28-15-3-2-13(24(26)27)6-16(15)29-21/h1-8H,9-11H2,(H3,26,27)(H,28,29)(H,30,31).